The zero-order chi connectivity index (χ0) is 14.9. The number of carbonyl (C=O) groups is 1. The fraction of sp³-hybridized carbons (Fsp3) is 0.722. The molecule has 0 aliphatic carbocycles. The average Bonchev–Trinajstić information content (AvgIpc) is 2.43. The molecule has 0 aromatic carbocycles. The maximum atomic E-state index is 10.2. The Morgan fingerprint density at radius 3 is 1.70 bits per heavy atom. The van der Waals surface area contributed by atoms with Crippen molar-refractivity contribution in [3.8, 4) is 0 Å². The smallest absolute Gasteiger partial charge is 0.327 e. The molecule has 0 rings (SSSR count). The van der Waals surface area contributed by atoms with Crippen molar-refractivity contribution in [3.05, 3.63) is 24.3 Å². The first-order chi connectivity index (χ1) is 9.77. The Hall–Kier alpha value is -1.05. The lowest BCUT2D eigenvalue weighted by Crippen LogP contribution is -1.85. The number of hydrogen-bond acceptors (Lipinski definition) is 1. The van der Waals surface area contributed by atoms with Crippen LogP contribution >= 0.6 is 0 Å². The van der Waals surface area contributed by atoms with E-state index in [2.05, 4.69) is 19.1 Å². The Morgan fingerprint density at radius 2 is 1.20 bits per heavy atom. The quantitative estimate of drug-likeness (QED) is 0.245. The molecule has 0 spiro atoms. The minimum atomic E-state index is -0.839. The van der Waals surface area contributed by atoms with E-state index in [4.69, 9.17) is 5.11 Å². The van der Waals surface area contributed by atoms with Crippen LogP contribution in [0, 0.1) is 0 Å². The van der Waals surface area contributed by atoms with E-state index in [1.54, 1.807) is 6.08 Å². The maximum absolute atomic E-state index is 10.2. The molecule has 0 saturated carbocycles. The summed E-state index contributed by atoms with van der Waals surface area (Å²) in [6, 6.07) is 0. The van der Waals surface area contributed by atoms with Gasteiger partial charge in [-0.25, -0.2) is 4.79 Å². The van der Waals surface area contributed by atoms with E-state index in [0.29, 0.717) is 0 Å². The van der Waals surface area contributed by atoms with Gasteiger partial charge in [0.05, 0.1) is 0 Å². The highest BCUT2D eigenvalue weighted by Gasteiger charge is 1.91. The van der Waals surface area contributed by atoms with Crippen molar-refractivity contribution in [2.75, 3.05) is 0 Å². The first kappa shape index (κ1) is 18.9. The van der Waals surface area contributed by atoms with E-state index in [0.717, 1.165) is 12.8 Å². The molecule has 0 aliphatic heterocycles. The fourth-order valence-corrected chi connectivity index (χ4v) is 2.15. The zero-order valence-electron chi connectivity index (χ0n) is 13.2. The number of carboxylic acids is 1. The Balaban J connectivity index is 3.09. The summed E-state index contributed by atoms with van der Waals surface area (Å²) in [6.07, 6.45) is 22.6. The minimum absolute atomic E-state index is 0.839. The predicted molar refractivity (Wildman–Crippen MR) is 87.0 cm³/mol. The lowest BCUT2D eigenvalue weighted by Gasteiger charge is -2.00. The van der Waals surface area contributed by atoms with Gasteiger partial charge in [0.15, 0.2) is 0 Å². The van der Waals surface area contributed by atoms with Gasteiger partial charge in [-0.2, -0.15) is 0 Å². The molecule has 0 radical (unpaired) electrons. The summed E-state index contributed by atoms with van der Waals surface area (Å²) >= 11 is 0. The van der Waals surface area contributed by atoms with Crippen LogP contribution in [-0.4, -0.2) is 11.1 Å². The lowest BCUT2D eigenvalue weighted by molar-refractivity contribution is -0.131. The number of rotatable bonds is 14. The van der Waals surface area contributed by atoms with Gasteiger partial charge in [-0.05, 0) is 32.1 Å². The van der Waals surface area contributed by atoms with Crippen LogP contribution in [0.4, 0.5) is 0 Å². The van der Waals surface area contributed by atoms with E-state index in [-0.39, 0.29) is 0 Å². The Morgan fingerprint density at radius 1 is 0.750 bits per heavy atom. The van der Waals surface area contributed by atoms with Gasteiger partial charge in [-0.3, -0.25) is 0 Å². The monoisotopic (exact) mass is 280 g/mol. The van der Waals surface area contributed by atoms with Crippen molar-refractivity contribution in [1.82, 2.24) is 0 Å². The summed E-state index contributed by atoms with van der Waals surface area (Å²) in [5, 5.41) is 8.43. The van der Waals surface area contributed by atoms with E-state index in [9.17, 15) is 4.79 Å². The van der Waals surface area contributed by atoms with Crippen LogP contribution in [0.2, 0.25) is 0 Å². The third-order valence-electron chi connectivity index (χ3n) is 3.39. The minimum Gasteiger partial charge on any atom is -0.478 e. The van der Waals surface area contributed by atoms with Gasteiger partial charge in [-0.1, -0.05) is 70.1 Å². The maximum Gasteiger partial charge on any atom is 0.327 e. The van der Waals surface area contributed by atoms with Gasteiger partial charge < -0.3 is 5.11 Å². The first-order valence-electron chi connectivity index (χ1n) is 8.31. The molecule has 0 bridgehead atoms. The summed E-state index contributed by atoms with van der Waals surface area (Å²) in [7, 11) is 0. The van der Waals surface area contributed by atoms with Crippen molar-refractivity contribution >= 4 is 5.97 Å². The highest BCUT2D eigenvalue weighted by molar-refractivity contribution is 5.79. The predicted octanol–water partition coefficient (Wildman–Crippen LogP) is 5.88. The summed E-state index contributed by atoms with van der Waals surface area (Å²) in [5.74, 6) is -0.839. The first-order valence-corrected chi connectivity index (χ1v) is 8.31. The second-order valence-corrected chi connectivity index (χ2v) is 5.41. The van der Waals surface area contributed by atoms with Gasteiger partial charge >= 0.3 is 5.97 Å². The molecule has 116 valence electrons. The summed E-state index contributed by atoms with van der Waals surface area (Å²) in [4.78, 5) is 10.2. The normalized spacial score (nSPS) is 11.7. The van der Waals surface area contributed by atoms with Crippen LogP contribution in [0.1, 0.15) is 84.0 Å². The molecule has 0 unspecified atom stereocenters. The van der Waals surface area contributed by atoms with Crippen molar-refractivity contribution in [2.24, 2.45) is 0 Å². The largest absolute Gasteiger partial charge is 0.478 e. The van der Waals surface area contributed by atoms with Crippen LogP contribution in [0.5, 0.6) is 0 Å². The van der Waals surface area contributed by atoms with Gasteiger partial charge in [0.1, 0.15) is 0 Å². The van der Waals surface area contributed by atoms with Crippen LogP contribution in [0.15, 0.2) is 24.3 Å². The molecule has 0 aromatic heterocycles. The summed E-state index contributed by atoms with van der Waals surface area (Å²) in [5.41, 5.74) is 0. The molecule has 0 atom stereocenters. The third kappa shape index (κ3) is 16.9. The second-order valence-electron chi connectivity index (χ2n) is 5.41. The SMILES string of the molecule is CCCC/C=C\CCCCCCCCC/C=C/C(=O)O. The van der Waals surface area contributed by atoms with Crippen molar-refractivity contribution in [1.29, 1.82) is 0 Å². The number of allylic oxidation sites excluding steroid dienone is 3. The molecule has 20 heavy (non-hydrogen) atoms. The van der Waals surface area contributed by atoms with Crippen molar-refractivity contribution in [2.45, 2.75) is 84.0 Å². The molecule has 0 amide bonds. The van der Waals surface area contributed by atoms with E-state index in [1.165, 1.54) is 70.3 Å². The molecular formula is C18H32O2. The summed E-state index contributed by atoms with van der Waals surface area (Å²) in [6.45, 7) is 2.23. The van der Waals surface area contributed by atoms with Crippen LogP contribution in [0.3, 0.4) is 0 Å². The number of unbranched alkanes of at least 4 members (excludes halogenated alkanes) is 10. The van der Waals surface area contributed by atoms with E-state index < -0.39 is 5.97 Å². The van der Waals surface area contributed by atoms with Crippen LogP contribution < -0.4 is 0 Å². The van der Waals surface area contributed by atoms with Gasteiger partial charge in [0.2, 0.25) is 0 Å². The standard InChI is InChI=1S/C18H32O2/c1-2-3-4-5-6-7-8-9-10-11-12-13-14-15-16-17-18(19)20/h5-6,16-17H,2-4,7-15H2,1H3,(H,19,20)/b6-5-,17-16+. The lowest BCUT2D eigenvalue weighted by atomic mass is 10.1. The molecule has 1 N–H and O–H groups in total. The Labute approximate surface area is 125 Å². The molecule has 2 heteroatoms. The Kier molecular flexibility index (Phi) is 15.2. The van der Waals surface area contributed by atoms with Crippen LogP contribution in [0.25, 0.3) is 0 Å². The molecule has 2 nitrogen and oxygen atoms in total. The fourth-order valence-electron chi connectivity index (χ4n) is 2.15. The van der Waals surface area contributed by atoms with Crippen molar-refractivity contribution in [3.63, 3.8) is 0 Å². The highest BCUT2D eigenvalue weighted by atomic mass is 16.4. The molecule has 0 aromatic rings. The van der Waals surface area contributed by atoms with Gasteiger partial charge in [0.25, 0.3) is 0 Å². The zero-order valence-corrected chi connectivity index (χ0v) is 13.2. The topological polar surface area (TPSA) is 37.3 Å². The van der Waals surface area contributed by atoms with Crippen LogP contribution in [-0.2, 0) is 4.79 Å². The Bertz CT molecular complexity index is 267. The molecule has 0 saturated heterocycles. The molecular weight excluding hydrogens is 248 g/mol. The number of aliphatic carboxylic acids is 1. The molecule has 0 heterocycles. The van der Waals surface area contributed by atoms with E-state index in [1.807, 2.05) is 0 Å². The van der Waals surface area contributed by atoms with E-state index >= 15 is 0 Å². The second kappa shape index (κ2) is 16.0. The van der Waals surface area contributed by atoms with Gasteiger partial charge in [0, 0.05) is 6.08 Å². The molecule has 0 fully saturated rings. The van der Waals surface area contributed by atoms with Gasteiger partial charge in [-0.15, -0.1) is 0 Å². The number of carboxylic acid groups (broad SMARTS) is 1. The van der Waals surface area contributed by atoms with Crippen molar-refractivity contribution < 1.29 is 9.90 Å². The molecule has 0 aliphatic rings. The summed E-state index contributed by atoms with van der Waals surface area (Å²) < 4.78 is 0. The highest BCUT2D eigenvalue weighted by Crippen LogP contribution is 2.10. The average molecular weight is 280 g/mol. The number of hydrogen-bond donors (Lipinski definition) is 1. The third-order valence-corrected chi connectivity index (χ3v) is 3.39.